The number of benzene rings is 1. The number of primary amides is 1. The van der Waals surface area contributed by atoms with Crippen LogP contribution in [0.3, 0.4) is 0 Å². The highest BCUT2D eigenvalue weighted by molar-refractivity contribution is 6.37. The molecule has 13 heteroatoms. The number of hydrogen-bond acceptors (Lipinski definition) is 6. The van der Waals surface area contributed by atoms with E-state index in [4.69, 9.17) is 5.73 Å². The van der Waals surface area contributed by atoms with Gasteiger partial charge in [-0.05, 0) is 35.5 Å². The van der Waals surface area contributed by atoms with Crippen molar-refractivity contribution in [1.82, 2.24) is 20.9 Å². The van der Waals surface area contributed by atoms with E-state index in [9.17, 15) is 37.5 Å². The monoisotopic (exact) mass is 661 g/mol. The summed E-state index contributed by atoms with van der Waals surface area (Å²) in [6.07, 6.45) is -0.529. The van der Waals surface area contributed by atoms with Crippen molar-refractivity contribution in [2.75, 3.05) is 6.54 Å². The van der Waals surface area contributed by atoms with Crippen LogP contribution in [0.15, 0.2) is 30.3 Å². The molecule has 1 aromatic rings. The Balaban J connectivity index is 1.87. The quantitative estimate of drug-likeness (QED) is 0.198. The lowest BCUT2D eigenvalue weighted by Crippen LogP contribution is -2.62. The normalized spacial score (nSPS) is 22.5. The predicted molar refractivity (Wildman–Crippen MR) is 171 cm³/mol. The molecule has 0 radical (unpaired) electrons. The number of hydrogen-bond donors (Lipinski definition) is 4. The topological polar surface area (TPSA) is 168 Å². The number of carbonyl (C=O) groups excluding carboxylic acids is 6. The number of Topliss-reactive ketones (excluding diaryl/α,β-unsaturated/α-hetero) is 2. The number of halogens is 2. The van der Waals surface area contributed by atoms with E-state index in [-0.39, 0.29) is 18.2 Å². The SMILES string of the molecule is CC(C)[C@H](NC(=O)N[C@H](C(=O)N1CC[C@H](C(C)(C)C)[C@H]1C(=O)NC(CC1CC1(F)F)C(=O)C(N)=O)C(C)(C)C)C(=O)c1ccccc1. The molecule has 260 valence electrons. The smallest absolute Gasteiger partial charge is 0.316 e. The Hall–Kier alpha value is -3.90. The molecule has 1 heterocycles. The maximum atomic E-state index is 14.3. The van der Waals surface area contributed by atoms with E-state index < -0.39 is 95.1 Å². The van der Waals surface area contributed by atoms with E-state index in [1.165, 1.54) is 4.90 Å². The van der Waals surface area contributed by atoms with Crippen LogP contribution in [0.4, 0.5) is 13.6 Å². The van der Waals surface area contributed by atoms with E-state index in [0.717, 1.165) is 0 Å². The number of amides is 5. The summed E-state index contributed by atoms with van der Waals surface area (Å²) in [5.74, 6) is -9.07. The number of ketones is 2. The Morgan fingerprint density at radius 2 is 1.53 bits per heavy atom. The molecule has 5 N–H and O–H groups in total. The van der Waals surface area contributed by atoms with Crippen LogP contribution in [-0.4, -0.2) is 76.9 Å². The zero-order valence-corrected chi connectivity index (χ0v) is 28.5. The zero-order chi connectivity index (χ0) is 35.6. The Morgan fingerprint density at radius 1 is 0.957 bits per heavy atom. The van der Waals surface area contributed by atoms with Gasteiger partial charge >= 0.3 is 6.03 Å². The van der Waals surface area contributed by atoms with Crippen LogP contribution >= 0.6 is 0 Å². The number of alkyl halides is 2. The fourth-order valence-electron chi connectivity index (χ4n) is 6.19. The van der Waals surface area contributed by atoms with Gasteiger partial charge in [0.1, 0.15) is 12.1 Å². The average Bonchev–Trinajstić information content (AvgIpc) is 3.34. The van der Waals surface area contributed by atoms with E-state index in [1.807, 2.05) is 20.8 Å². The Bertz CT molecular complexity index is 1370. The maximum absolute atomic E-state index is 14.3. The first-order valence-corrected chi connectivity index (χ1v) is 16.0. The van der Waals surface area contributed by atoms with Crippen LogP contribution in [0, 0.1) is 28.6 Å². The van der Waals surface area contributed by atoms with Crippen molar-refractivity contribution in [3.05, 3.63) is 35.9 Å². The van der Waals surface area contributed by atoms with Crippen LogP contribution in [0.2, 0.25) is 0 Å². The first kappa shape index (κ1) is 37.6. The summed E-state index contributed by atoms with van der Waals surface area (Å²) >= 11 is 0. The van der Waals surface area contributed by atoms with Crippen molar-refractivity contribution in [3.63, 3.8) is 0 Å². The highest BCUT2D eigenvalue weighted by atomic mass is 19.3. The van der Waals surface area contributed by atoms with E-state index in [0.29, 0.717) is 12.0 Å². The lowest BCUT2D eigenvalue weighted by Gasteiger charge is -2.39. The molecule has 3 rings (SSSR count). The Labute approximate surface area is 275 Å². The molecule has 6 atom stereocenters. The molecule has 0 bridgehead atoms. The van der Waals surface area contributed by atoms with Gasteiger partial charge in [-0.1, -0.05) is 85.7 Å². The van der Waals surface area contributed by atoms with Gasteiger partial charge in [0, 0.05) is 24.4 Å². The summed E-state index contributed by atoms with van der Waals surface area (Å²) < 4.78 is 27.5. The minimum absolute atomic E-state index is 0.144. The molecule has 0 aromatic heterocycles. The third-order valence-electron chi connectivity index (χ3n) is 9.10. The number of carbonyl (C=O) groups is 6. The summed E-state index contributed by atoms with van der Waals surface area (Å²) in [4.78, 5) is 80.5. The Kier molecular flexibility index (Phi) is 11.2. The van der Waals surface area contributed by atoms with E-state index in [2.05, 4.69) is 16.0 Å². The number of nitrogens with two attached hydrogens (primary N) is 1. The second-order valence-electron chi connectivity index (χ2n) is 15.3. The van der Waals surface area contributed by atoms with Gasteiger partial charge in [-0.3, -0.25) is 24.0 Å². The van der Waals surface area contributed by atoms with Crippen molar-refractivity contribution >= 4 is 35.3 Å². The number of urea groups is 1. The first-order chi connectivity index (χ1) is 21.6. The predicted octanol–water partition coefficient (Wildman–Crippen LogP) is 3.46. The summed E-state index contributed by atoms with van der Waals surface area (Å²) in [6, 6.07) is 3.04. The standard InChI is InChI=1S/C34H49F2N5O6/c1-18(2)23(25(42)19-12-10-9-11-13-19)39-31(47)40-27(33(6,7)8)30(46)41-15-14-21(32(3,4)5)24(41)29(45)38-22(26(43)28(37)44)16-20-17-34(20,35)36/h9-13,18,20-24,27H,14-17H2,1-8H3,(H2,37,44)(H,38,45)(H2,39,40,47)/t20?,21-,22?,23-,24-,27+/m0/s1. The molecule has 1 aromatic carbocycles. The summed E-state index contributed by atoms with van der Waals surface area (Å²) in [5, 5.41) is 7.92. The molecule has 2 fully saturated rings. The molecule has 0 spiro atoms. The van der Waals surface area contributed by atoms with Gasteiger partial charge in [0.25, 0.3) is 11.8 Å². The third-order valence-corrected chi connectivity index (χ3v) is 9.10. The molecule has 1 saturated heterocycles. The highest BCUT2D eigenvalue weighted by Crippen LogP contribution is 2.51. The zero-order valence-electron chi connectivity index (χ0n) is 28.5. The molecule has 11 nitrogen and oxygen atoms in total. The van der Waals surface area contributed by atoms with Gasteiger partial charge < -0.3 is 26.6 Å². The molecular formula is C34H49F2N5O6. The van der Waals surface area contributed by atoms with Gasteiger partial charge in [0.05, 0.1) is 12.1 Å². The van der Waals surface area contributed by atoms with Gasteiger partial charge in [-0.15, -0.1) is 0 Å². The number of likely N-dealkylation sites (tertiary alicyclic amines) is 1. The van der Waals surface area contributed by atoms with Crippen LogP contribution in [0.5, 0.6) is 0 Å². The van der Waals surface area contributed by atoms with Gasteiger partial charge in [-0.25, -0.2) is 13.6 Å². The summed E-state index contributed by atoms with van der Waals surface area (Å²) in [6.45, 7) is 14.6. The number of nitrogens with zero attached hydrogens (tertiary/aromatic N) is 1. The molecular weight excluding hydrogens is 612 g/mol. The van der Waals surface area contributed by atoms with Crippen molar-refractivity contribution in [3.8, 4) is 0 Å². The molecule has 1 saturated carbocycles. The summed E-state index contributed by atoms with van der Waals surface area (Å²) in [7, 11) is 0. The van der Waals surface area contributed by atoms with Crippen molar-refractivity contribution < 1.29 is 37.5 Å². The first-order valence-electron chi connectivity index (χ1n) is 16.0. The Morgan fingerprint density at radius 3 is 2.00 bits per heavy atom. The lowest BCUT2D eigenvalue weighted by atomic mass is 9.75. The van der Waals surface area contributed by atoms with Gasteiger partial charge in [-0.2, -0.15) is 0 Å². The van der Waals surface area contributed by atoms with Crippen molar-refractivity contribution in [2.24, 2.45) is 34.3 Å². The molecule has 5 amide bonds. The summed E-state index contributed by atoms with van der Waals surface area (Å²) in [5.41, 5.74) is 4.25. The largest absolute Gasteiger partial charge is 0.363 e. The molecule has 2 aliphatic rings. The van der Waals surface area contributed by atoms with E-state index in [1.54, 1.807) is 65.0 Å². The van der Waals surface area contributed by atoms with Crippen LogP contribution in [-0.2, 0) is 19.2 Å². The molecule has 47 heavy (non-hydrogen) atoms. The fraction of sp³-hybridized carbons (Fsp3) is 0.647. The minimum Gasteiger partial charge on any atom is -0.363 e. The van der Waals surface area contributed by atoms with Gasteiger partial charge in [0.15, 0.2) is 5.78 Å². The third kappa shape index (κ3) is 9.13. The van der Waals surface area contributed by atoms with Gasteiger partial charge in [0.2, 0.25) is 17.6 Å². The van der Waals surface area contributed by atoms with Crippen molar-refractivity contribution in [2.45, 2.75) is 105 Å². The number of rotatable bonds is 12. The molecule has 2 unspecified atom stereocenters. The number of nitrogens with one attached hydrogen (secondary N) is 3. The molecule has 1 aliphatic heterocycles. The van der Waals surface area contributed by atoms with E-state index >= 15 is 0 Å². The minimum atomic E-state index is -3.00. The maximum Gasteiger partial charge on any atom is 0.316 e. The fourth-order valence-corrected chi connectivity index (χ4v) is 6.19. The van der Waals surface area contributed by atoms with Crippen molar-refractivity contribution in [1.29, 1.82) is 0 Å². The second kappa shape index (κ2) is 14.1. The average molecular weight is 662 g/mol. The van der Waals surface area contributed by atoms with Crippen LogP contribution < -0.4 is 21.7 Å². The second-order valence-corrected chi connectivity index (χ2v) is 15.3. The van der Waals surface area contributed by atoms with Crippen LogP contribution in [0.1, 0.15) is 85.0 Å². The van der Waals surface area contributed by atoms with Crippen LogP contribution in [0.25, 0.3) is 0 Å². The molecule has 1 aliphatic carbocycles. The lowest BCUT2D eigenvalue weighted by molar-refractivity contribution is -0.145. The highest BCUT2D eigenvalue weighted by Gasteiger charge is 2.58.